The van der Waals surface area contributed by atoms with Gasteiger partial charge in [-0.15, -0.1) is 0 Å². The fourth-order valence-electron chi connectivity index (χ4n) is 2.24. The molecule has 3 aromatic rings. The van der Waals surface area contributed by atoms with Crippen molar-refractivity contribution in [3.8, 4) is 22.8 Å². The van der Waals surface area contributed by atoms with Gasteiger partial charge in [-0.1, -0.05) is 35.4 Å². The Labute approximate surface area is 132 Å². The Hall–Kier alpha value is -3.31. The lowest BCUT2D eigenvalue weighted by molar-refractivity contribution is 0.397. The minimum Gasteiger partial charge on any atom is -0.481 e. The second-order valence-corrected chi connectivity index (χ2v) is 4.75. The van der Waals surface area contributed by atoms with Gasteiger partial charge in [0.05, 0.1) is 36.9 Å². The van der Waals surface area contributed by atoms with Crippen LogP contribution in [0.4, 0.5) is 0 Å². The normalized spacial score (nSPS) is 10.1. The summed E-state index contributed by atoms with van der Waals surface area (Å²) in [5, 5.41) is 8.10. The van der Waals surface area contributed by atoms with Gasteiger partial charge in [0.1, 0.15) is 0 Å². The van der Waals surface area contributed by atoms with E-state index >= 15 is 0 Å². The van der Waals surface area contributed by atoms with Crippen LogP contribution in [-0.2, 0) is 6.54 Å². The highest BCUT2D eigenvalue weighted by Crippen LogP contribution is 2.24. The van der Waals surface area contributed by atoms with E-state index in [1.807, 2.05) is 42.5 Å². The Morgan fingerprint density at radius 3 is 2.70 bits per heavy atom. The van der Waals surface area contributed by atoms with Crippen molar-refractivity contribution >= 4 is 0 Å². The summed E-state index contributed by atoms with van der Waals surface area (Å²) in [5.41, 5.74) is 11.9. The molecule has 0 saturated carbocycles. The third kappa shape index (κ3) is 3.14. The number of nitrogens with zero attached hydrogens (tertiary/aromatic N) is 6. The molecular weight excluding hydrogens is 292 g/mol. The molecule has 7 heteroatoms. The molecule has 0 aliphatic heterocycles. The number of methoxy groups -OCH3 is 1. The quantitative estimate of drug-likeness (QED) is 0.408. The van der Waals surface area contributed by atoms with E-state index in [2.05, 4.69) is 20.1 Å². The number of hydrogen-bond acceptors (Lipinski definition) is 4. The number of rotatable bonds is 5. The fourth-order valence-corrected chi connectivity index (χ4v) is 2.24. The Bertz CT molecular complexity index is 835. The minimum atomic E-state index is 0.201. The molecule has 3 rings (SSSR count). The summed E-state index contributed by atoms with van der Waals surface area (Å²) in [6, 6.07) is 15.5. The van der Waals surface area contributed by atoms with E-state index in [4.69, 9.17) is 10.3 Å². The van der Waals surface area contributed by atoms with Crippen molar-refractivity contribution in [3.05, 3.63) is 70.9 Å². The zero-order chi connectivity index (χ0) is 16.1. The number of pyridine rings is 1. The Kier molecular flexibility index (Phi) is 4.22. The first-order valence-electron chi connectivity index (χ1n) is 6.97. The van der Waals surface area contributed by atoms with Crippen LogP contribution in [0.15, 0.2) is 59.8 Å². The van der Waals surface area contributed by atoms with Crippen LogP contribution in [-0.4, -0.2) is 21.9 Å². The van der Waals surface area contributed by atoms with Gasteiger partial charge in [0.2, 0.25) is 5.88 Å². The van der Waals surface area contributed by atoms with Crippen molar-refractivity contribution in [2.75, 3.05) is 7.11 Å². The number of ether oxygens (including phenoxy) is 1. The van der Waals surface area contributed by atoms with Crippen molar-refractivity contribution in [2.24, 2.45) is 5.11 Å². The number of benzene rings is 1. The molecule has 1 aromatic carbocycles. The van der Waals surface area contributed by atoms with Crippen molar-refractivity contribution in [3.63, 3.8) is 0 Å². The maximum atomic E-state index is 8.50. The third-order valence-electron chi connectivity index (χ3n) is 3.30. The SMILES string of the molecule is COc1ccc(-n2nc(CN=[N+]=[N-])cc2-c2ccccc2)cn1. The molecular formula is C16H14N6O. The van der Waals surface area contributed by atoms with E-state index in [1.54, 1.807) is 24.1 Å². The lowest BCUT2D eigenvalue weighted by atomic mass is 10.1. The highest BCUT2D eigenvalue weighted by atomic mass is 16.5. The molecule has 0 saturated heterocycles. The van der Waals surface area contributed by atoms with Crippen LogP contribution in [0, 0.1) is 0 Å². The van der Waals surface area contributed by atoms with E-state index in [9.17, 15) is 0 Å². The topological polar surface area (TPSA) is 88.7 Å². The summed E-state index contributed by atoms with van der Waals surface area (Å²) in [6.07, 6.45) is 1.69. The lowest BCUT2D eigenvalue weighted by Crippen LogP contribution is -2.00. The van der Waals surface area contributed by atoms with Gasteiger partial charge in [0.25, 0.3) is 0 Å². The minimum absolute atomic E-state index is 0.201. The smallest absolute Gasteiger partial charge is 0.213 e. The van der Waals surface area contributed by atoms with Crippen LogP contribution < -0.4 is 4.74 Å². The molecule has 0 N–H and O–H groups in total. The van der Waals surface area contributed by atoms with Crippen molar-refractivity contribution in [1.29, 1.82) is 0 Å². The van der Waals surface area contributed by atoms with Gasteiger partial charge in [0.15, 0.2) is 0 Å². The van der Waals surface area contributed by atoms with E-state index in [0.29, 0.717) is 11.6 Å². The van der Waals surface area contributed by atoms with Gasteiger partial charge in [-0.25, -0.2) is 9.67 Å². The molecule has 0 atom stereocenters. The van der Waals surface area contributed by atoms with Gasteiger partial charge in [0, 0.05) is 16.5 Å². The van der Waals surface area contributed by atoms with Gasteiger partial charge < -0.3 is 4.74 Å². The summed E-state index contributed by atoms with van der Waals surface area (Å²) < 4.78 is 6.86. The van der Waals surface area contributed by atoms with Crippen LogP contribution in [0.3, 0.4) is 0 Å². The molecule has 0 spiro atoms. The zero-order valence-electron chi connectivity index (χ0n) is 12.5. The molecule has 0 amide bonds. The standard InChI is InChI=1S/C16H14N6O/c1-23-16-8-7-14(11-18-16)22-15(12-5-3-2-4-6-12)9-13(20-22)10-19-21-17/h2-9,11H,10H2,1H3. The van der Waals surface area contributed by atoms with E-state index in [1.165, 1.54) is 0 Å². The second-order valence-electron chi connectivity index (χ2n) is 4.75. The second kappa shape index (κ2) is 6.64. The number of aromatic nitrogens is 3. The highest BCUT2D eigenvalue weighted by molar-refractivity contribution is 5.62. The first-order valence-corrected chi connectivity index (χ1v) is 6.97. The molecule has 2 aromatic heterocycles. The van der Waals surface area contributed by atoms with Gasteiger partial charge in [-0.05, 0) is 17.7 Å². The first-order chi connectivity index (χ1) is 11.3. The van der Waals surface area contributed by atoms with Crippen LogP contribution in [0.2, 0.25) is 0 Å². The molecule has 7 nitrogen and oxygen atoms in total. The summed E-state index contributed by atoms with van der Waals surface area (Å²) in [6.45, 7) is 0.201. The largest absolute Gasteiger partial charge is 0.481 e. The monoisotopic (exact) mass is 306 g/mol. The highest BCUT2D eigenvalue weighted by Gasteiger charge is 2.11. The summed E-state index contributed by atoms with van der Waals surface area (Å²) in [5.74, 6) is 0.538. The van der Waals surface area contributed by atoms with Crippen molar-refractivity contribution in [1.82, 2.24) is 14.8 Å². The van der Waals surface area contributed by atoms with Crippen molar-refractivity contribution < 1.29 is 4.74 Å². The molecule has 0 fully saturated rings. The number of azide groups is 1. The predicted octanol–water partition coefficient (Wildman–Crippen LogP) is 3.75. The summed E-state index contributed by atoms with van der Waals surface area (Å²) >= 11 is 0. The lowest BCUT2D eigenvalue weighted by Gasteiger charge is -2.07. The van der Waals surface area contributed by atoms with Crippen LogP contribution in [0.1, 0.15) is 5.69 Å². The fraction of sp³-hybridized carbons (Fsp3) is 0.125. The summed E-state index contributed by atoms with van der Waals surface area (Å²) in [4.78, 5) is 7.00. The van der Waals surface area contributed by atoms with Crippen molar-refractivity contribution in [2.45, 2.75) is 6.54 Å². The maximum absolute atomic E-state index is 8.50. The average Bonchev–Trinajstić information content (AvgIpc) is 3.05. The van der Waals surface area contributed by atoms with E-state index < -0.39 is 0 Å². The molecule has 0 unspecified atom stereocenters. The first kappa shape index (κ1) is 14.6. The molecule has 114 valence electrons. The molecule has 23 heavy (non-hydrogen) atoms. The molecule has 0 radical (unpaired) electrons. The van der Waals surface area contributed by atoms with E-state index in [-0.39, 0.29) is 6.54 Å². The van der Waals surface area contributed by atoms with Crippen LogP contribution in [0.5, 0.6) is 5.88 Å². The average molecular weight is 306 g/mol. The molecule has 0 aliphatic carbocycles. The van der Waals surface area contributed by atoms with Crippen LogP contribution in [0.25, 0.3) is 27.4 Å². The van der Waals surface area contributed by atoms with E-state index in [0.717, 1.165) is 16.9 Å². The summed E-state index contributed by atoms with van der Waals surface area (Å²) in [7, 11) is 1.57. The third-order valence-corrected chi connectivity index (χ3v) is 3.30. The number of hydrogen-bond donors (Lipinski definition) is 0. The Morgan fingerprint density at radius 2 is 2.04 bits per heavy atom. The Balaban J connectivity index is 2.09. The molecule has 0 aliphatic rings. The van der Waals surface area contributed by atoms with Gasteiger partial charge >= 0.3 is 0 Å². The van der Waals surface area contributed by atoms with Gasteiger partial charge in [-0.3, -0.25) is 0 Å². The van der Waals surface area contributed by atoms with Crippen LogP contribution >= 0.6 is 0 Å². The predicted molar refractivity (Wildman–Crippen MR) is 86.2 cm³/mol. The molecule has 0 bridgehead atoms. The maximum Gasteiger partial charge on any atom is 0.213 e. The Morgan fingerprint density at radius 1 is 1.22 bits per heavy atom. The molecule has 2 heterocycles. The zero-order valence-corrected chi connectivity index (χ0v) is 12.5. The van der Waals surface area contributed by atoms with Gasteiger partial charge in [-0.2, -0.15) is 5.10 Å².